The number of ketones is 1. The van der Waals surface area contributed by atoms with Gasteiger partial charge in [-0.1, -0.05) is 71.7 Å². The van der Waals surface area contributed by atoms with Crippen LogP contribution in [-0.2, 0) is 47.5 Å². The highest BCUT2D eigenvalue weighted by atomic mass is 35.5. The fourth-order valence-corrected chi connectivity index (χ4v) is 11.5. The molecule has 3 aliphatic rings. The van der Waals surface area contributed by atoms with Crippen LogP contribution in [0.5, 0.6) is 0 Å². The molecule has 11 aromatic rings. The summed E-state index contributed by atoms with van der Waals surface area (Å²) in [5.41, 5.74) is 9.53. The van der Waals surface area contributed by atoms with E-state index in [1.807, 2.05) is 0 Å². The lowest BCUT2D eigenvalue weighted by atomic mass is 10.0. The molecule has 104 heavy (non-hydrogen) atoms. The normalized spacial score (nSPS) is 16.1. The van der Waals surface area contributed by atoms with E-state index in [0.717, 1.165) is 5.56 Å². The highest BCUT2D eigenvalue weighted by Gasteiger charge is 2.43. The first kappa shape index (κ1) is 75.4. The molecule has 32 heteroatoms. The summed E-state index contributed by atoms with van der Waals surface area (Å²) >= 11 is 11.3. The largest absolute Gasteiger partial charge is 0.384 e. The van der Waals surface area contributed by atoms with E-state index in [1.54, 1.807) is 130 Å². The van der Waals surface area contributed by atoms with Crippen LogP contribution in [0.15, 0.2) is 221 Å². The number of carbonyl (C=O) groups is 5. The van der Waals surface area contributed by atoms with Crippen molar-refractivity contribution in [2.45, 2.75) is 70.4 Å². The smallest absolute Gasteiger partial charge is 0.276 e. The summed E-state index contributed by atoms with van der Waals surface area (Å²) in [6.07, 6.45) is 9.98. The van der Waals surface area contributed by atoms with Crippen molar-refractivity contribution < 1.29 is 41.5 Å². The summed E-state index contributed by atoms with van der Waals surface area (Å²) in [6, 6.07) is 41.1. The van der Waals surface area contributed by atoms with Crippen molar-refractivity contribution in [1.82, 2.24) is 64.5 Å². The first-order valence-corrected chi connectivity index (χ1v) is 31.9. The standard InChI is InChI=1S/2C19H16FN5O2.C15H12ClFN2O2.C9H9FO.C6H5ClN2O2.C4H5N3/c2*1-19(10-12-3-2-4-13(20)9-12)24-17(26)15-6-5-14(18(27)25(15)19)23-16-7-8-21-11-22-16;1-15(8-9-3-2-4-10(17)7-9)18-13(20)12-6-5-11(16)14(21)19(12)15;1-7(11)5-8-3-2-4-9(10)6-8;7-3-1-2-4(5(8)10)9-6(3)11;5-4-1-2-6-3-7-4/h2*2-9,11H,10H2,1H3,(H,24,26)(H,21,22,23);2-7H,8H2,1H3,(H,18,20);2-4,6H,5H2,1H3;1-2H,(H2,8,10)(H,9,11);1-3H,(H2,5,6,7). The molecule has 0 fully saturated rings. The van der Waals surface area contributed by atoms with Crippen molar-refractivity contribution in [3.05, 3.63) is 321 Å². The van der Waals surface area contributed by atoms with Crippen molar-refractivity contribution in [1.29, 1.82) is 0 Å². The number of Topliss-reactive ketones (excluding diaryl/α,β-unsaturated/α-hetero) is 1. The van der Waals surface area contributed by atoms with E-state index in [1.165, 1.54) is 112 Å². The van der Waals surface area contributed by atoms with Gasteiger partial charge < -0.3 is 43.0 Å². The Hall–Kier alpha value is -12.8. The van der Waals surface area contributed by atoms with Crippen LogP contribution in [0.3, 0.4) is 0 Å². The molecule has 0 saturated carbocycles. The minimum Gasteiger partial charge on any atom is -0.384 e. The van der Waals surface area contributed by atoms with Gasteiger partial charge in [0.05, 0.1) is 0 Å². The van der Waals surface area contributed by atoms with Gasteiger partial charge >= 0.3 is 0 Å². The van der Waals surface area contributed by atoms with E-state index >= 15 is 0 Å². The zero-order chi connectivity index (χ0) is 75.0. The highest BCUT2D eigenvalue weighted by Crippen LogP contribution is 2.30. The van der Waals surface area contributed by atoms with E-state index < -0.39 is 34.0 Å². The minimum atomic E-state index is -1.01. The van der Waals surface area contributed by atoms with Gasteiger partial charge in [0.1, 0.15) is 127 Å². The van der Waals surface area contributed by atoms with Gasteiger partial charge in [0, 0.05) is 44.3 Å². The molecule has 0 saturated heterocycles. The topological polar surface area (TPSA) is 374 Å². The Bertz CT molecular complexity index is 5100. The summed E-state index contributed by atoms with van der Waals surface area (Å²) < 4.78 is 57.1. The van der Waals surface area contributed by atoms with Crippen molar-refractivity contribution >= 4 is 81.4 Å². The lowest BCUT2D eigenvalue weighted by molar-refractivity contribution is -0.116. The van der Waals surface area contributed by atoms with Crippen LogP contribution >= 0.6 is 23.2 Å². The van der Waals surface area contributed by atoms with Crippen LogP contribution in [0.25, 0.3) is 0 Å². The van der Waals surface area contributed by atoms with Gasteiger partial charge in [-0.05, 0) is 165 Å². The molecule has 4 amide bonds. The van der Waals surface area contributed by atoms with E-state index in [9.17, 15) is 60.7 Å². The molecule has 3 aliphatic heterocycles. The molecule has 0 aliphatic carbocycles. The number of aromatic amines is 1. The van der Waals surface area contributed by atoms with E-state index in [-0.39, 0.29) is 121 Å². The maximum Gasteiger partial charge on any atom is 0.276 e. The Balaban J connectivity index is 0.000000153. The molecule has 14 rings (SSSR count). The molecule has 3 unspecified atom stereocenters. The van der Waals surface area contributed by atoms with Gasteiger partial charge in [-0.3, -0.25) is 56.9 Å². The summed E-state index contributed by atoms with van der Waals surface area (Å²) in [5, 5.41) is 14.4. The third-order valence-corrected chi connectivity index (χ3v) is 16.2. The zero-order valence-electron chi connectivity index (χ0n) is 55.5. The average Bonchev–Trinajstić information content (AvgIpc) is 1.61. The van der Waals surface area contributed by atoms with Gasteiger partial charge in [-0.15, -0.1) is 0 Å². The molecule has 0 bridgehead atoms. The second-order valence-electron chi connectivity index (χ2n) is 23.9. The van der Waals surface area contributed by atoms with Gasteiger partial charge in [0.2, 0.25) is 0 Å². The molecular weight excluding hydrogens is 1390 g/mol. The molecule has 26 nitrogen and oxygen atoms in total. The lowest BCUT2D eigenvalue weighted by Gasteiger charge is -2.27. The van der Waals surface area contributed by atoms with E-state index in [2.05, 4.69) is 61.5 Å². The van der Waals surface area contributed by atoms with Crippen molar-refractivity contribution in [3.63, 3.8) is 0 Å². The molecule has 3 atom stereocenters. The number of pyridine rings is 4. The number of carbonyl (C=O) groups excluding carboxylic acids is 5. The number of rotatable bonds is 13. The van der Waals surface area contributed by atoms with Crippen molar-refractivity contribution in [3.8, 4) is 0 Å². The van der Waals surface area contributed by atoms with Crippen molar-refractivity contribution in [2.75, 3.05) is 16.4 Å². The Labute approximate surface area is 598 Å². The first-order chi connectivity index (χ1) is 49.5. The molecule has 10 heterocycles. The highest BCUT2D eigenvalue weighted by molar-refractivity contribution is 6.30. The number of aromatic nitrogens is 10. The van der Waals surface area contributed by atoms with Crippen LogP contribution in [0.1, 0.15) is 91.9 Å². The second kappa shape index (κ2) is 33.1. The number of benzene rings is 4. The molecular formula is C72H63Cl2F4N17O9. The monoisotopic (exact) mass is 1460 g/mol. The van der Waals surface area contributed by atoms with Crippen LogP contribution in [0.2, 0.25) is 10.0 Å². The van der Waals surface area contributed by atoms with Crippen LogP contribution < -0.4 is 60.3 Å². The van der Waals surface area contributed by atoms with Crippen molar-refractivity contribution in [2.24, 2.45) is 5.73 Å². The first-order valence-electron chi connectivity index (χ1n) is 31.2. The van der Waals surface area contributed by atoms with Gasteiger partial charge in [0.15, 0.2) is 0 Å². The maximum atomic E-state index is 13.5. The number of nitrogen functional groups attached to an aromatic ring is 1. The molecule has 4 aromatic carbocycles. The summed E-state index contributed by atoms with van der Waals surface area (Å²) in [7, 11) is 0. The SMILES string of the molecule is CC(=O)Cc1cccc(F)c1.CC1(Cc2cccc(F)c2)NC(=O)c2ccc(Cl)c(=O)n21.CC1(Cc2cccc(F)c2)NC(=O)c2ccc(Nc3ccncn3)c(=O)n21.CC1(Cc2cccc(F)c2)NC(=O)c2ccc(Nc3ccncn3)c(=O)n21.NC(=O)c1ccc(Cl)c(=O)[nH]1.Nc1ccncn1. The third-order valence-electron chi connectivity index (χ3n) is 15.6. The Morgan fingerprint density at radius 1 is 0.471 bits per heavy atom. The fourth-order valence-electron chi connectivity index (χ4n) is 11.2. The summed E-state index contributed by atoms with van der Waals surface area (Å²) in [5.74, 6) is -1.62. The number of nitrogens with two attached hydrogens (primary N) is 2. The number of primary amides is 1. The number of nitrogens with one attached hydrogen (secondary N) is 6. The summed E-state index contributed by atoms with van der Waals surface area (Å²) in [6.45, 7) is 6.68. The zero-order valence-corrected chi connectivity index (χ0v) is 57.0. The molecule has 532 valence electrons. The molecule has 0 spiro atoms. The molecule has 10 N–H and O–H groups in total. The number of fused-ring (bicyclic) bond motifs is 3. The number of H-pyrrole nitrogens is 1. The predicted molar refractivity (Wildman–Crippen MR) is 379 cm³/mol. The second-order valence-corrected chi connectivity index (χ2v) is 24.7. The predicted octanol–water partition coefficient (Wildman–Crippen LogP) is 8.80. The van der Waals surface area contributed by atoms with E-state index in [4.69, 9.17) is 34.7 Å². The van der Waals surface area contributed by atoms with Crippen LogP contribution in [0, 0.1) is 23.3 Å². The summed E-state index contributed by atoms with van der Waals surface area (Å²) in [4.78, 5) is 132. The quantitative estimate of drug-likeness (QED) is 0.0500. The number of amides is 4. The Morgan fingerprint density at radius 2 is 0.837 bits per heavy atom. The van der Waals surface area contributed by atoms with Crippen LogP contribution in [0.4, 0.5) is 46.4 Å². The lowest BCUT2D eigenvalue weighted by Crippen LogP contribution is -2.46. The molecule has 0 radical (unpaired) electrons. The maximum absolute atomic E-state index is 13.5. The van der Waals surface area contributed by atoms with Gasteiger partial charge in [-0.25, -0.2) is 47.5 Å². The number of hydrogen-bond donors (Lipinski definition) is 8. The Kier molecular flexibility index (Phi) is 24.0. The third kappa shape index (κ3) is 19.0. The average molecular weight is 1460 g/mol. The van der Waals surface area contributed by atoms with E-state index in [0.29, 0.717) is 40.6 Å². The van der Waals surface area contributed by atoms with Crippen LogP contribution in [-0.4, -0.2) is 78.0 Å². The fraction of sp³-hybridized carbons (Fsp3) is 0.153. The van der Waals surface area contributed by atoms with Gasteiger partial charge in [0.25, 0.3) is 45.9 Å². The number of halogens is 6. The van der Waals surface area contributed by atoms with Gasteiger partial charge in [-0.2, -0.15) is 0 Å². The number of nitrogens with zero attached hydrogens (tertiary/aromatic N) is 9. The Morgan fingerprint density at radius 3 is 1.17 bits per heavy atom. The number of hydrogen-bond acceptors (Lipinski definition) is 18. The molecule has 7 aromatic heterocycles. The number of anilines is 5. The minimum absolute atomic E-state index is 0.0370.